The predicted octanol–water partition coefficient (Wildman–Crippen LogP) is 6.45. The predicted molar refractivity (Wildman–Crippen MR) is 86.9 cm³/mol. The van der Waals surface area contributed by atoms with Crippen molar-refractivity contribution in [2.45, 2.75) is 41.5 Å². The summed E-state index contributed by atoms with van der Waals surface area (Å²) in [6, 6.07) is 24.0. The van der Waals surface area contributed by atoms with Crippen LogP contribution in [0.15, 0.2) is 72.8 Å². The Labute approximate surface area is 115 Å². The average Bonchev–Trinajstić information content (AvgIpc) is 2.57. The molecule has 0 aliphatic heterocycles. The Kier molecular flexibility index (Phi) is 35.6. The van der Waals surface area contributed by atoms with E-state index in [-0.39, 0.29) is 0 Å². The lowest BCUT2D eigenvalue weighted by atomic mass is 10.4. The second-order valence-corrected chi connectivity index (χ2v) is 2.31. The molecule has 0 aliphatic rings. The lowest BCUT2D eigenvalue weighted by Gasteiger charge is -1.69. The Morgan fingerprint density at radius 1 is 0.222 bits per heavy atom. The molecule has 0 heteroatoms. The summed E-state index contributed by atoms with van der Waals surface area (Å²) >= 11 is 0. The summed E-state index contributed by atoms with van der Waals surface area (Å²) in [7, 11) is 0. The molecule has 2 aromatic rings. The van der Waals surface area contributed by atoms with E-state index in [0.29, 0.717) is 0 Å². The molecule has 0 aromatic heterocycles. The van der Waals surface area contributed by atoms with Gasteiger partial charge in [-0.3, -0.25) is 0 Å². The first-order valence-corrected chi connectivity index (χ1v) is 7.00. The highest BCUT2D eigenvalue weighted by Gasteiger charge is 1.58. The van der Waals surface area contributed by atoms with Gasteiger partial charge in [0, 0.05) is 0 Å². The molecule has 0 bridgehead atoms. The highest BCUT2D eigenvalue weighted by atomic mass is 13.7. The molecule has 0 amide bonds. The van der Waals surface area contributed by atoms with E-state index in [2.05, 4.69) is 0 Å². The maximum absolute atomic E-state index is 2.00. The van der Waals surface area contributed by atoms with E-state index in [1.165, 1.54) is 0 Å². The van der Waals surface area contributed by atoms with Crippen LogP contribution in [0.25, 0.3) is 0 Å². The molecule has 2 rings (SSSR count). The van der Waals surface area contributed by atoms with Gasteiger partial charge in [0.05, 0.1) is 0 Å². The van der Waals surface area contributed by atoms with Crippen LogP contribution < -0.4 is 0 Å². The van der Waals surface area contributed by atoms with Crippen LogP contribution in [-0.2, 0) is 0 Å². The van der Waals surface area contributed by atoms with Crippen LogP contribution in [0.4, 0.5) is 0 Å². The standard InChI is InChI=1S/2C6H6.3C2H6/c2*1-2-4-6-5-3-1;3*1-2/h2*1-6H;3*1-2H3. The van der Waals surface area contributed by atoms with E-state index >= 15 is 0 Å². The van der Waals surface area contributed by atoms with Gasteiger partial charge in [-0.15, -0.1) is 0 Å². The smallest absolute Gasteiger partial charge is 0.0623 e. The zero-order valence-electron chi connectivity index (χ0n) is 12.9. The minimum atomic E-state index is 2.00. The molecule has 0 saturated carbocycles. The van der Waals surface area contributed by atoms with Crippen LogP contribution in [0.1, 0.15) is 41.5 Å². The van der Waals surface area contributed by atoms with Gasteiger partial charge in [-0.2, -0.15) is 0 Å². The first kappa shape index (κ1) is 21.7. The normalized spacial score (nSPS) is 6.33. The fourth-order valence-electron chi connectivity index (χ4n) is 0.770. The first-order valence-electron chi connectivity index (χ1n) is 7.00. The number of benzene rings is 2. The molecular formula is C18H30. The molecule has 0 fully saturated rings. The van der Waals surface area contributed by atoms with Gasteiger partial charge in [0.15, 0.2) is 0 Å². The van der Waals surface area contributed by atoms with Crippen molar-refractivity contribution in [1.82, 2.24) is 0 Å². The number of hydrogen-bond donors (Lipinski definition) is 0. The molecule has 0 spiro atoms. The topological polar surface area (TPSA) is 0 Å². The molecule has 2 aromatic carbocycles. The monoisotopic (exact) mass is 246 g/mol. The van der Waals surface area contributed by atoms with Crippen LogP contribution >= 0.6 is 0 Å². The van der Waals surface area contributed by atoms with Gasteiger partial charge in [0.25, 0.3) is 0 Å². The van der Waals surface area contributed by atoms with Crippen molar-refractivity contribution in [1.29, 1.82) is 0 Å². The van der Waals surface area contributed by atoms with Crippen molar-refractivity contribution < 1.29 is 0 Å². The lowest BCUT2D eigenvalue weighted by molar-refractivity contribution is 1.50. The molecule has 0 heterocycles. The van der Waals surface area contributed by atoms with Crippen LogP contribution in [0.3, 0.4) is 0 Å². The summed E-state index contributed by atoms with van der Waals surface area (Å²) in [5, 5.41) is 0. The Hall–Kier alpha value is -1.56. The summed E-state index contributed by atoms with van der Waals surface area (Å²) in [5.41, 5.74) is 0. The Morgan fingerprint density at radius 3 is 0.333 bits per heavy atom. The first-order chi connectivity index (χ1) is 9.00. The molecule has 0 radical (unpaired) electrons. The minimum absolute atomic E-state index is 2.00. The van der Waals surface area contributed by atoms with Gasteiger partial charge in [0.2, 0.25) is 0 Å². The van der Waals surface area contributed by atoms with Crippen molar-refractivity contribution in [3.05, 3.63) is 72.8 Å². The van der Waals surface area contributed by atoms with Crippen LogP contribution in [0.5, 0.6) is 0 Å². The van der Waals surface area contributed by atoms with Crippen molar-refractivity contribution in [2.24, 2.45) is 0 Å². The molecule has 0 nitrogen and oxygen atoms in total. The number of hydrogen-bond acceptors (Lipinski definition) is 0. The molecule has 102 valence electrons. The third-order valence-electron chi connectivity index (χ3n) is 1.33. The van der Waals surface area contributed by atoms with Crippen LogP contribution in [0.2, 0.25) is 0 Å². The van der Waals surface area contributed by atoms with E-state index in [1.54, 1.807) is 0 Å². The minimum Gasteiger partial charge on any atom is -0.0683 e. The van der Waals surface area contributed by atoms with E-state index in [4.69, 9.17) is 0 Å². The van der Waals surface area contributed by atoms with Crippen molar-refractivity contribution >= 4 is 0 Å². The van der Waals surface area contributed by atoms with E-state index in [1.807, 2.05) is 114 Å². The van der Waals surface area contributed by atoms with Crippen molar-refractivity contribution in [2.75, 3.05) is 0 Å². The van der Waals surface area contributed by atoms with E-state index in [0.717, 1.165) is 0 Å². The second kappa shape index (κ2) is 29.5. The summed E-state index contributed by atoms with van der Waals surface area (Å²) in [5.74, 6) is 0. The summed E-state index contributed by atoms with van der Waals surface area (Å²) in [6.45, 7) is 12.0. The van der Waals surface area contributed by atoms with Gasteiger partial charge in [-0.05, 0) is 0 Å². The quantitative estimate of drug-likeness (QED) is 0.501. The van der Waals surface area contributed by atoms with Crippen molar-refractivity contribution in [3.8, 4) is 0 Å². The lowest BCUT2D eigenvalue weighted by Crippen LogP contribution is -1.47. The van der Waals surface area contributed by atoms with Gasteiger partial charge < -0.3 is 0 Å². The highest BCUT2D eigenvalue weighted by molar-refractivity contribution is 4.99. The Morgan fingerprint density at radius 2 is 0.278 bits per heavy atom. The van der Waals surface area contributed by atoms with Gasteiger partial charge >= 0.3 is 0 Å². The maximum Gasteiger partial charge on any atom is -0.0623 e. The zero-order valence-corrected chi connectivity index (χ0v) is 12.9. The summed E-state index contributed by atoms with van der Waals surface area (Å²) in [6.07, 6.45) is 0. The molecule has 0 unspecified atom stereocenters. The van der Waals surface area contributed by atoms with E-state index < -0.39 is 0 Å². The third kappa shape index (κ3) is 23.9. The van der Waals surface area contributed by atoms with Crippen molar-refractivity contribution in [3.63, 3.8) is 0 Å². The molecular weight excluding hydrogens is 216 g/mol. The van der Waals surface area contributed by atoms with Gasteiger partial charge in [-0.1, -0.05) is 114 Å². The fourth-order valence-corrected chi connectivity index (χ4v) is 0.770. The molecule has 0 atom stereocenters. The second-order valence-electron chi connectivity index (χ2n) is 2.31. The Bertz CT molecular complexity index is 175. The third-order valence-corrected chi connectivity index (χ3v) is 1.33. The summed E-state index contributed by atoms with van der Waals surface area (Å²) < 4.78 is 0. The van der Waals surface area contributed by atoms with Crippen LogP contribution in [0, 0.1) is 0 Å². The molecule has 0 saturated heterocycles. The van der Waals surface area contributed by atoms with Gasteiger partial charge in [0.1, 0.15) is 0 Å². The fraction of sp³-hybridized carbons (Fsp3) is 0.333. The summed E-state index contributed by atoms with van der Waals surface area (Å²) in [4.78, 5) is 0. The molecule has 0 N–H and O–H groups in total. The SMILES string of the molecule is CC.CC.CC.c1ccccc1.c1ccccc1. The highest BCUT2D eigenvalue weighted by Crippen LogP contribution is 1.80. The average molecular weight is 246 g/mol. The molecule has 18 heavy (non-hydrogen) atoms. The maximum atomic E-state index is 2.00. The largest absolute Gasteiger partial charge is 0.0683 e. The Balaban J connectivity index is -0.000000178. The molecule has 0 aliphatic carbocycles. The van der Waals surface area contributed by atoms with Crippen LogP contribution in [-0.4, -0.2) is 0 Å². The zero-order chi connectivity index (χ0) is 14.5. The van der Waals surface area contributed by atoms with E-state index in [9.17, 15) is 0 Å². The number of rotatable bonds is 0. The van der Waals surface area contributed by atoms with Gasteiger partial charge in [-0.25, -0.2) is 0 Å².